The lowest BCUT2D eigenvalue weighted by atomic mass is 9.68. The zero-order chi connectivity index (χ0) is 16.4. The van der Waals surface area contributed by atoms with Crippen LogP contribution in [0.25, 0.3) is 0 Å². The summed E-state index contributed by atoms with van der Waals surface area (Å²) >= 11 is 0. The van der Waals surface area contributed by atoms with Crippen molar-refractivity contribution in [3.05, 3.63) is 35.6 Å². The Morgan fingerprint density at radius 2 is 2.04 bits per heavy atom. The van der Waals surface area contributed by atoms with Crippen LogP contribution in [-0.4, -0.2) is 30.8 Å². The van der Waals surface area contributed by atoms with E-state index in [0.29, 0.717) is 19.4 Å². The maximum atomic E-state index is 13.2. The van der Waals surface area contributed by atoms with E-state index in [1.165, 1.54) is 12.1 Å². The van der Waals surface area contributed by atoms with Gasteiger partial charge in [0.25, 0.3) is 0 Å². The van der Waals surface area contributed by atoms with Crippen LogP contribution in [-0.2, 0) is 9.53 Å². The van der Waals surface area contributed by atoms with E-state index in [2.05, 4.69) is 5.32 Å². The van der Waals surface area contributed by atoms with Crippen LogP contribution in [0.1, 0.15) is 43.7 Å². The van der Waals surface area contributed by atoms with Gasteiger partial charge in [0, 0.05) is 7.11 Å². The molecule has 1 aromatic carbocycles. The highest BCUT2D eigenvalue weighted by Crippen LogP contribution is 2.43. The zero-order valence-electron chi connectivity index (χ0n) is 13.4. The van der Waals surface area contributed by atoms with Gasteiger partial charge in [-0.1, -0.05) is 18.6 Å². The number of carbonyl (C=O) groups excluding carboxylic acids is 1. The van der Waals surface area contributed by atoms with E-state index in [9.17, 15) is 14.3 Å². The van der Waals surface area contributed by atoms with Gasteiger partial charge in [-0.25, -0.2) is 4.39 Å². The predicted octanol–water partition coefficient (Wildman–Crippen LogP) is 2.57. The number of halogens is 1. The molecule has 2 aliphatic rings. The van der Waals surface area contributed by atoms with Gasteiger partial charge in [0.2, 0.25) is 5.91 Å². The number of methoxy groups -OCH3 is 1. The highest BCUT2D eigenvalue weighted by molar-refractivity contribution is 5.84. The smallest absolute Gasteiger partial charge is 0.229 e. The predicted molar refractivity (Wildman–Crippen MR) is 84.2 cm³/mol. The van der Waals surface area contributed by atoms with Crippen molar-refractivity contribution in [3.63, 3.8) is 0 Å². The first-order valence-electron chi connectivity index (χ1n) is 8.27. The van der Waals surface area contributed by atoms with Crippen LogP contribution in [0.2, 0.25) is 0 Å². The van der Waals surface area contributed by atoms with Crippen molar-refractivity contribution < 1.29 is 19.0 Å². The summed E-state index contributed by atoms with van der Waals surface area (Å²) in [5, 5.41) is 12.8. The molecule has 2 saturated carbocycles. The SMILES string of the molecule is COCC1(C(=O)N[C@@H](c2ccc(F)cc2)C2CC(O)C2)CCC1. The number of benzene rings is 1. The van der Waals surface area contributed by atoms with E-state index in [4.69, 9.17) is 4.74 Å². The molecule has 23 heavy (non-hydrogen) atoms. The molecule has 1 aromatic rings. The van der Waals surface area contributed by atoms with E-state index < -0.39 is 5.41 Å². The minimum atomic E-state index is -0.421. The van der Waals surface area contributed by atoms with Gasteiger partial charge < -0.3 is 15.2 Å². The molecule has 2 aliphatic carbocycles. The Kier molecular flexibility index (Phi) is 4.69. The van der Waals surface area contributed by atoms with Crippen LogP contribution in [0.3, 0.4) is 0 Å². The summed E-state index contributed by atoms with van der Waals surface area (Å²) in [6.45, 7) is 0.433. The Labute approximate surface area is 136 Å². The second-order valence-electron chi connectivity index (χ2n) is 6.95. The summed E-state index contributed by atoms with van der Waals surface area (Å²) in [7, 11) is 1.62. The highest BCUT2D eigenvalue weighted by atomic mass is 19.1. The summed E-state index contributed by atoms with van der Waals surface area (Å²) in [6.07, 6.45) is 3.77. The van der Waals surface area contributed by atoms with Crippen molar-refractivity contribution >= 4 is 5.91 Å². The van der Waals surface area contributed by atoms with Crippen LogP contribution in [0.5, 0.6) is 0 Å². The monoisotopic (exact) mass is 321 g/mol. The Balaban J connectivity index is 1.76. The number of nitrogens with one attached hydrogen (secondary N) is 1. The van der Waals surface area contributed by atoms with E-state index in [1.54, 1.807) is 19.2 Å². The minimum Gasteiger partial charge on any atom is -0.393 e. The Hall–Kier alpha value is -1.46. The van der Waals surface area contributed by atoms with Gasteiger partial charge in [-0.05, 0) is 49.3 Å². The largest absolute Gasteiger partial charge is 0.393 e. The van der Waals surface area contributed by atoms with Crippen LogP contribution in [0.15, 0.2) is 24.3 Å². The molecule has 2 N–H and O–H groups in total. The third-order valence-electron chi connectivity index (χ3n) is 5.35. The zero-order valence-corrected chi connectivity index (χ0v) is 13.4. The molecule has 0 unspecified atom stereocenters. The topological polar surface area (TPSA) is 58.6 Å². The molecule has 1 amide bonds. The molecule has 0 saturated heterocycles. The fourth-order valence-electron chi connectivity index (χ4n) is 3.66. The van der Waals surface area contributed by atoms with Crippen molar-refractivity contribution in [3.8, 4) is 0 Å². The average molecular weight is 321 g/mol. The minimum absolute atomic E-state index is 0.0151. The van der Waals surface area contributed by atoms with Crippen molar-refractivity contribution in [2.75, 3.05) is 13.7 Å². The van der Waals surface area contributed by atoms with Gasteiger partial charge in [-0.3, -0.25) is 4.79 Å². The van der Waals surface area contributed by atoms with Crippen LogP contribution < -0.4 is 5.32 Å². The first-order chi connectivity index (χ1) is 11.0. The third-order valence-corrected chi connectivity index (χ3v) is 5.35. The lowest BCUT2D eigenvalue weighted by Gasteiger charge is -2.43. The van der Waals surface area contributed by atoms with E-state index >= 15 is 0 Å². The molecule has 0 radical (unpaired) electrons. The number of ether oxygens (including phenoxy) is 1. The van der Waals surface area contributed by atoms with Gasteiger partial charge in [0.1, 0.15) is 5.82 Å². The molecule has 126 valence electrons. The highest BCUT2D eigenvalue weighted by Gasteiger charge is 2.46. The molecule has 2 fully saturated rings. The first kappa shape index (κ1) is 16.4. The molecule has 5 heteroatoms. The Morgan fingerprint density at radius 1 is 1.39 bits per heavy atom. The van der Waals surface area contributed by atoms with Gasteiger partial charge in [-0.15, -0.1) is 0 Å². The van der Waals surface area contributed by atoms with Gasteiger partial charge in [0.15, 0.2) is 0 Å². The van der Waals surface area contributed by atoms with Crippen LogP contribution >= 0.6 is 0 Å². The molecule has 0 heterocycles. The number of hydrogen-bond donors (Lipinski definition) is 2. The van der Waals surface area contributed by atoms with Crippen molar-refractivity contribution in [2.45, 2.75) is 44.2 Å². The van der Waals surface area contributed by atoms with Crippen LogP contribution in [0, 0.1) is 17.2 Å². The molecular weight excluding hydrogens is 297 g/mol. The lowest BCUT2D eigenvalue weighted by Crippen LogP contribution is -2.51. The fraction of sp³-hybridized carbons (Fsp3) is 0.611. The molecule has 4 nitrogen and oxygen atoms in total. The third kappa shape index (κ3) is 3.26. The maximum Gasteiger partial charge on any atom is 0.229 e. The molecule has 0 bridgehead atoms. The van der Waals surface area contributed by atoms with E-state index in [-0.39, 0.29) is 29.8 Å². The van der Waals surface area contributed by atoms with Crippen LogP contribution in [0.4, 0.5) is 4.39 Å². The number of amides is 1. The standard InChI is InChI=1S/C18H24FNO3/c1-23-11-18(7-2-8-18)17(22)20-16(13-9-15(21)10-13)12-3-5-14(19)6-4-12/h3-6,13,15-16,21H,2,7-11H2,1H3,(H,20,22)/t13?,15?,16-/m0/s1. The van der Waals surface area contributed by atoms with Crippen molar-refractivity contribution in [1.29, 1.82) is 0 Å². The Morgan fingerprint density at radius 3 is 2.52 bits per heavy atom. The van der Waals surface area contributed by atoms with Gasteiger partial charge in [-0.2, -0.15) is 0 Å². The van der Waals surface area contributed by atoms with Crippen molar-refractivity contribution in [2.24, 2.45) is 11.3 Å². The molecule has 0 aliphatic heterocycles. The summed E-state index contributed by atoms with van der Waals surface area (Å²) in [4.78, 5) is 12.8. The number of rotatable bonds is 6. The number of hydrogen-bond acceptors (Lipinski definition) is 3. The normalized spacial score (nSPS) is 26.7. The number of aliphatic hydroxyl groups is 1. The fourth-order valence-corrected chi connectivity index (χ4v) is 3.66. The second-order valence-corrected chi connectivity index (χ2v) is 6.95. The summed E-state index contributed by atoms with van der Waals surface area (Å²) in [5.41, 5.74) is 0.471. The van der Waals surface area contributed by atoms with Crippen molar-refractivity contribution in [1.82, 2.24) is 5.32 Å². The maximum absolute atomic E-state index is 13.2. The van der Waals surface area contributed by atoms with E-state index in [0.717, 1.165) is 24.8 Å². The second kappa shape index (κ2) is 6.57. The summed E-state index contributed by atoms with van der Waals surface area (Å²) in [5.74, 6) is -0.0808. The number of aliphatic hydroxyl groups excluding tert-OH is 1. The molecule has 1 atom stereocenters. The Bertz CT molecular complexity index is 550. The average Bonchev–Trinajstić information content (AvgIpc) is 2.46. The summed E-state index contributed by atoms with van der Waals surface area (Å²) < 4.78 is 18.4. The van der Waals surface area contributed by atoms with Gasteiger partial charge >= 0.3 is 0 Å². The quantitative estimate of drug-likeness (QED) is 0.846. The van der Waals surface area contributed by atoms with E-state index in [1.807, 2.05) is 0 Å². The molecular formula is C18H24FNO3. The first-order valence-corrected chi connectivity index (χ1v) is 8.27. The summed E-state index contributed by atoms with van der Waals surface area (Å²) in [6, 6.07) is 6.08. The lowest BCUT2D eigenvalue weighted by molar-refractivity contribution is -0.142. The number of carbonyl (C=O) groups is 1. The molecule has 0 spiro atoms. The molecule has 3 rings (SSSR count). The molecule has 0 aromatic heterocycles. The van der Waals surface area contributed by atoms with Gasteiger partial charge in [0.05, 0.1) is 24.2 Å².